The smallest absolute Gasteiger partial charge is 0.281 e. The molecule has 0 aliphatic rings. The van der Waals surface area contributed by atoms with Gasteiger partial charge in [0.2, 0.25) is 5.91 Å². The summed E-state index contributed by atoms with van der Waals surface area (Å²) < 4.78 is 0. The van der Waals surface area contributed by atoms with E-state index in [-0.39, 0.29) is 18.2 Å². The van der Waals surface area contributed by atoms with E-state index in [9.17, 15) is 9.59 Å². The van der Waals surface area contributed by atoms with E-state index in [4.69, 9.17) is 0 Å². The van der Waals surface area contributed by atoms with E-state index < -0.39 is 0 Å². The van der Waals surface area contributed by atoms with Crippen molar-refractivity contribution in [3.8, 4) is 0 Å². The van der Waals surface area contributed by atoms with Gasteiger partial charge < -0.3 is 5.32 Å². The summed E-state index contributed by atoms with van der Waals surface area (Å²) in [6.45, 7) is 1.67. The Hall–Kier alpha value is -2.54. The number of amides is 2. The number of pyridine rings is 1. The number of nitrogens with zero attached hydrogens (tertiary/aromatic N) is 2. The molecule has 0 fully saturated rings. The van der Waals surface area contributed by atoms with Gasteiger partial charge in [-0.15, -0.1) is 11.3 Å². The molecule has 0 aliphatic heterocycles. The van der Waals surface area contributed by atoms with Gasteiger partial charge in [0.05, 0.1) is 11.3 Å². The maximum absolute atomic E-state index is 11.8. The quantitative estimate of drug-likeness (QED) is 0.656. The Labute approximate surface area is 125 Å². The molecule has 7 heteroatoms. The fourth-order valence-corrected chi connectivity index (χ4v) is 2.12. The maximum atomic E-state index is 11.8. The molecule has 2 N–H and O–H groups in total. The van der Waals surface area contributed by atoms with Crippen LogP contribution in [0, 0.1) is 0 Å². The third-order valence-electron chi connectivity index (χ3n) is 2.44. The minimum absolute atomic E-state index is 0.0846. The summed E-state index contributed by atoms with van der Waals surface area (Å²) in [5.41, 5.74) is 2.93. The SMILES string of the molecule is CC(CC(=O)Nc1ccccn1)=NNC(=O)c1cccs1. The second kappa shape index (κ2) is 7.30. The van der Waals surface area contributed by atoms with E-state index >= 15 is 0 Å². The van der Waals surface area contributed by atoms with Crippen LogP contribution in [0.3, 0.4) is 0 Å². The average molecular weight is 302 g/mol. The number of hydrogen-bond donors (Lipinski definition) is 2. The van der Waals surface area contributed by atoms with Crippen molar-refractivity contribution < 1.29 is 9.59 Å². The maximum Gasteiger partial charge on any atom is 0.281 e. The lowest BCUT2D eigenvalue weighted by Gasteiger charge is -2.04. The number of nitrogens with one attached hydrogen (secondary N) is 2. The summed E-state index contributed by atoms with van der Waals surface area (Å²) in [5.74, 6) is -0.0345. The lowest BCUT2D eigenvalue weighted by atomic mass is 10.3. The molecule has 0 aliphatic carbocycles. The van der Waals surface area contributed by atoms with Crippen molar-refractivity contribution in [1.82, 2.24) is 10.4 Å². The van der Waals surface area contributed by atoms with Gasteiger partial charge in [-0.3, -0.25) is 9.59 Å². The molecular formula is C14H14N4O2S. The number of carbonyl (C=O) groups excluding carboxylic acids is 2. The second-order valence-corrected chi connectivity index (χ2v) is 5.15. The summed E-state index contributed by atoms with van der Waals surface area (Å²) >= 11 is 1.33. The topological polar surface area (TPSA) is 83.4 Å². The Balaban J connectivity index is 1.83. The van der Waals surface area contributed by atoms with Crippen LogP contribution in [0.4, 0.5) is 5.82 Å². The third kappa shape index (κ3) is 4.81. The van der Waals surface area contributed by atoms with E-state index in [1.165, 1.54) is 11.3 Å². The first-order chi connectivity index (χ1) is 10.1. The van der Waals surface area contributed by atoms with Gasteiger partial charge in [-0.05, 0) is 30.5 Å². The molecule has 108 valence electrons. The first-order valence-electron chi connectivity index (χ1n) is 6.23. The minimum Gasteiger partial charge on any atom is -0.310 e. The van der Waals surface area contributed by atoms with E-state index in [1.54, 1.807) is 43.5 Å². The number of anilines is 1. The molecule has 0 bridgehead atoms. The van der Waals surface area contributed by atoms with Gasteiger partial charge in [-0.1, -0.05) is 12.1 Å². The Morgan fingerprint density at radius 1 is 1.29 bits per heavy atom. The van der Waals surface area contributed by atoms with Crippen molar-refractivity contribution >= 4 is 34.7 Å². The van der Waals surface area contributed by atoms with Crippen molar-refractivity contribution in [3.05, 3.63) is 46.8 Å². The Kier molecular flexibility index (Phi) is 5.16. The molecule has 2 aromatic rings. The third-order valence-corrected chi connectivity index (χ3v) is 3.31. The predicted octanol–water partition coefficient (Wildman–Crippen LogP) is 2.28. The van der Waals surface area contributed by atoms with Crippen molar-refractivity contribution in [2.45, 2.75) is 13.3 Å². The summed E-state index contributed by atoms with van der Waals surface area (Å²) in [5, 5.41) is 8.36. The summed E-state index contributed by atoms with van der Waals surface area (Å²) in [6.07, 6.45) is 1.68. The van der Waals surface area contributed by atoms with Crippen LogP contribution in [0.2, 0.25) is 0 Å². The zero-order valence-corrected chi connectivity index (χ0v) is 12.2. The first kappa shape index (κ1) is 14.9. The zero-order chi connectivity index (χ0) is 15.1. The predicted molar refractivity (Wildman–Crippen MR) is 82.4 cm³/mol. The molecule has 0 aromatic carbocycles. The number of hydrazone groups is 1. The monoisotopic (exact) mass is 302 g/mol. The number of thiophene rings is 1. The number of aromatic nitrogens is 1. The molecule has 0 saturated heterocycles. The second-order valence-electron chi connectivity index (χ2n) is 4.21. The summed E-state index contributed by atoms with van der Waals surface area (Å²) in [4.78, 5) is 28.0. The largest absolute Gasteiger partial charge is 0.310 e. The van der Waals surface area contributed by atoms with Crippen LogP contribution in [0.1, 0.15) is 23.0 Å². The molecule has 0 atom stereocenters. The molecule has 0 radical (unpaired) electrons. The van der Waals surface area contributed by atoms with Gasteiger partial charge in [-0.25, -0.2) is 10.4 Å². The Morgan fingerprint density at radius 2 is 2.14 bits per heavy atom. The van der Waals surface area contributed by atoms with Crippen molar-refractivity contribution in [3.63, 3.8) is 0 Å². The van der Waals surface area contributed by atoms with Crippen molar-refractivity contribution in [2.75, 3.05) is 5.32 Å². The molecule has 0 unspecified atom stereocenters. The van der Waals surface area contributed by atoms with Crippen molar-refractivity contribution in [2.24, 2.45) is 5.10 Å². The van der Waals surface area contributed by atoms with E-state index in [0.29, 0.717) is 16.4 Å². The van der Waals surface area contributed by atoms with E-state index in [0.717, 1.165) is 0 Å². The van der Waals surface area contributed by atoms with Crippen LogP contribution in [-0.2, 0) is 4.79 Å². The van der Waals surface area contributed by atoms with Crippen LogP contribution in [0.5, 0.6) is 0 Å². The lowest BCUT2D eigenvalue weighted by Crippen LogP contribution is -2.21. The fraction of sp³-hybridized carbons (Fsp3) is 0.143. The number of hydrogen-bond acceptors (Lipinski definition) is 5. The highest BCUT2D eigenvalue weighted by Gasteiger charge is 2.07. The summed E-state index contributed by atoms with van der Waals surface area (Å²) in [6, 6.07) is 8.74. The normalized spacial score (nSPS) is 11.0. The Bertz CT molecular complexity index is 638. The van der Waals surface area contributed by atoms with Gasteiger partial charge >= 0.3 is 0 Å². The van der Waals surface area contributed by atoms with Gasteiger partial charge in [0.1, 0.15) is 5.82 Å². The van der Waals surface area contributed by atoms with Gasteiger partial charge in [0.25, 0.3) is 5.91 Å². The standard InChI is InChI=1S/C14H14N4O2S/c1-10(17-18-14(20)11-5-4-8-21-11)9-13(19)16-12-6-2-3-7-15-12/h2-8H,9H2,1H3,(H,18,20)(H,15,16,19). The first-order valence-corrected chi connectivity index (χ1v) is 7.11. The molecule has 2 heterocycles. The van der Waals surface area contributed by atoms with Gasteiger partial charge in [0, 0.05) is 11.9 Å². The molecule has 0 spiro atoms. The molecule has 0 saturated carbocycles. The number of carbonyl (C=O) groups is 2. The molecule has 2 amide bonds. The van der Waals surface area contributed by atoms with Gasteiger partial charge in [-0.2, -0.15) is 5.10 Å². The highest BCUT2D eigenvalue weighted by Crippen LogP contribution is 2.07. The lowest BCUT2D eigenvalue weighted by molar-refractivity contribution is -0.115. The molecule has 21 heavy (non-hydrogen) atoms. The van der Waals surface area contributed by atoms with Crippen LogP contribution in [0.25, 0.3) is 0 Å². The molecule has 2 rings (SSSR count). The Morgan fingerprint density at radius 3 is 2.81 bits per heavy atom. The minimum atomic E-state index is -0.283. The average Bonchev–Trinajstić information content (AvgIpc) is 3.00. The van der Waals surface area contributed by atoms with Crippen LogP contribution in [-0.4, -0.2) is 22.5 Å². The molecular weight excluding hydrogens is 288 g/mol. The fourth-order valence-electron chi connectivity index (χ4n) is 1.50. The molecule has 6 nitrogen and oxygen atoms in total. The summed E-state index contributed by atoms with van der Waals surface area (Å²) in [7, 11) is 0. The van der Waals surface area contributed by atoms with Crippen LogP contribution in [0.15, 0.2) is 47.0 Å². The highest BCUT2D eigenvalue weighted by atomic mass is 32.1. The van der Waals surface area contributed by atoms with E-state index in [2.05, 4.69) is 20.8 Å². The van der Waals surface area contributed by atoms with Gasteiger partial charge in [0.15, 0.2) is 0 Å². The zero-order valence-electron chi connectivity index (χ0n) is 11.4. The van der Waals surface area contributed by atoms with Crippen LogP contribution >= 0.6 is 11.3 Å². The highest BCUT2D eigenvalue weighted by molar-refractivity contribution is 7.12. The van der Waals surface area contributed by atoms with Crippen LogP contribution < -0.4 is 10.7 Å². The molecule has 2 aromatic heterocycles. The van der Waals surface area contributed by atoms with Crippen molar-refractivity contribution in [1.29, 1.82) is 0 Å². The number of rotatable bonds is 5. The van der Waals surface area contributed by atoms with E-state index in [1.807, 2.05) is 5.38 Å².